The van der Waals surface area contributed by atoms with E-state index in [0.717, 1.165) is 6.42 Å². The highest BCUT2D eigenvalue weighted by Crippen LogP contribution is 2.10. The first-order valence-corrected chi connectivity index (χ1v) is 6.90. The van der Waals surface area contributed by atoms with Gasteiger partial charge in [-0.15, -0.1) is 0 Å². The summed E-state index contributed by atoms with van der Waals surface area (Å²) in [7, 11) is 0. The molecule has 1 unspecified atom stereocenters. The van der Waals surface area contributed by atoms with Gasteiger partial charge in [0.05, 0.1) is 0 Å². The van der Waals surface area contributed by atoms with Crippen LogP contribution in [0.3, 0.4) is 0 Å². The summed E-state index contributed by atoms with van der Waals surface area (Å²) < 4.78 is 4.96. The van der Waals surface area contributed by atoms with Crippen molar-refractivity contribution in [1.82, 2.24) is 0 Å². The molecular formula is C14H29O2. The minimum atomic E-state index is -0.849. The van der Waals surface area contributed by atoms with Gasteiger partial charge in [-0.05, 0) is 6.42 Å². The van der Waals surface area contributed by atoms with Crippen molar-refractivity contribution in [2.24, 2.45) is 0 Å². The van der Waals surface area contributed by atoms with Gasteiger partial charge in [-0.1, -0.05) is 64.7 Å². The third kappa shape index (κ3) is 13.9. The van der Waals surface area contributed by atoms with Crippen LogP contribution in [0.2, 0.25) is 0 Å². The van der Waals surface area contributed by atoms with Crippen molar-refractivity contribution in [2.45, 2.75) is 77.4 Å². The van der Waals surface area contributed by atoms with Crippen LogP contribution < -0.4 is 0 Å². The van der Waals surface area contributed by atoms with Crippen molar-refractivity contribution in [1.29, 1.82) is 0 Å². The molecule has 0 aromatic rings. The Labute approximate surface area is 101 Å². The molecule has 1 radical (unpaired) electrons. The molecule has 0 aromatic carbocycles. The Kier molecular flexibility index (Phi) is 12.9. The molecule has 0 rings (SSSR count). The molecule has 0 heterocycles. The summed E-state index contributed by atoms with van der Waals surface area (Å²) in [6.07, 6.45) is 12.4. The van der Waals surface area contributed by atoms with Crippen LogP contribution in [-0.2, 0) is 4.74 Å². The van der Waals surface area contributed by atoms with Gasteiger partial charge >= 0.3 is 0 Å². The SMILES string of the molecule is [CH2]C(O)OCCCCCCCCCCCC. The molecule has 1 atom stereocenters. The second-order valence-electron chi connectivity index (χ2n) is 4.51. The van der Waals surface area contributed by atoms with E-state index in [1.165, 1.54) is 57.8 Å². The van der Waals surface area contributed by atoms with E-state index in [2.05, 4.69) is 13.8 Å². The fraction of sp³-hybridized carbons (Fsp3) is 0.929. The number of unbranched alkanes of at least 4 members (excludes halogenated alkanes) is 9. The van der Waals surface area contributed by atoms with Gasteiger partial charge in [-0.3, -0.25) is 0 Å². The maximum Gasteiger partial charge on any atom is 0.154 e. The van der Waals surface area contributed by atoms with E-state index in [0.29, 0.717) is 6.61 Å². The molecule has 2 heteroatoms. The first-order valence-electron chi connectivity index (χ1n) is 6.90. The van der Waals surface area contributed by atoms with Crippen molar-refractivity contribution in [3.8, 4) is 0 Å². The lowest BCUT2D eigenvalue weighted by atomic mass is 10.1. The predicted octanol–water partition coefficient (Wildman–Crippen LogP) is 4.08. The van der Waals surface area contributed by atoms with E-state index in [9.17, 15) is 0 Å². The monoisotopic (exact) mass is 229 g/mol. The lowest BCUT2D eigenvalue weighted by Crippen LogP contribution is -2.07. The summed E-state index contributed by atoms with van der Waals surface area (Å²) in [5, 5.41) is 8.76. The average Bonchev–Trinajstić information content (AvgIpc) is 2.25. The molecule has 97 valence electrons. The number of hydrogen-bond donors (Lipinski definition) is 1. The molecule has 0 amide bonds. The van der Waals surface area contributed by atoms with Crippen LogP contribution in [0, 0.1) is 6.92 Å². The lowest BCUT2D eigenvalue weighted by Gasteiger charge is -2.06. The maximum atomic E-state index is 8.76. The quantitative estimate of drug-likeness (QED) is 0.403. The number of rotatable bonds is 12. The molecular weight excluding hydrogens is 200 g/mol. The number of aliphatic hydroxyl groups excluding tert-OH is 1. The Morgan fingerprint density at radius 3 is 1.75 bits per heavy atom. The number of hydrogen-bond acceptors (Lipinski definition) is 2. The third-order valence-corrected chi connectivity index (χ3v) is 2.81. The highest BCUT2D eigenvalue weighted by molar-refractivity contribution is 4.48. The standard InChI is InChI=1S/C14H29O2/c1-3-4-5-6-7-8-9-10-11-12-13-16-14(2)15/h14-15H,2-13H2,1H3. The van der Waals surface area contributed by atoms with Crippen LogP contribution in [0.5, 0.6) is 0 Å². The highest BCUT2D eigenvalue weighted by atomic mass is 16.6. The van der Waals surface area contributed by atoms with Crippen LogP contribution in [-0.4, -0.2) is 18.0 Å². The molecule has 0 saturated heterocycles. The van der Waals surface area contributed by atoms with Crippen molar-refractivity contribution >= 4 is 0 Å². The molecule has 0 aliphatic carbocycles. The molecule has 0 aliphatic heterocycles. The zero-order valence-corrected chi connectivity index (χ0v) is 10.9. The van der Waals surface area contributed by atoms with Crippen LogP contribution in [0.4, 0.5) is 0 Å². The van der Waals surface area contributed by atoms with Crippen molar-refractivity contribution in [3.05, 3.63) is 6.92 Å². The van der Waals surface area contributed by atoms with Gasteiger partial charge in [0.25, 0.3) is 0 Å². The average molecular weight is 229 g/mol. The molecule has 16 heavy (non-hydrogen) atoms. The Balaban J connectivity index is 2.88. The van der Waals surface area contributed by atoms with E-state index < -0.39 is 6.29 Å². The summed E-state index contributed by atoms with van der Waals surface area (Å²) in [4.78, 5) is 0. The van der Waals surface area contributed by atoms with Crippen molar-refractivity contribution < 1.29 is 9.84 Å². The van der Waals surface area contributed by atoms with Gasteiger partial charge < -0.3 is 9.84 Å². The van der Waals surface area contributed by atoms with Gasteiger partial charge in [-0.2, -0.15) is 0 Å². The maximum absolute atomic E-state index is 8.76. The van der Waals surface area contributed by atoms with Gasteiger partial charge in [0.15, 0.2) is 6.29 Å². The summed E-state index contributed by atoms with van der Waals surface area (Å²) in [6, 6.07) is 0. The van der Waals surface area contributed by atoms with Gasteiger partial charge in [0.1, 0.15) is 0 Å². The number of ether oxygens (including phenoxy) is 1. The van der Waals surface area contributed by atoms with E-state index in [-0.39, 0.29) is 0 Å². The minimum absolute atomic E-state index is 0.640. The van der Waals surface area contributed by atoms with Crippen LogP contribution >= 0.6 is 0 Å². The van der Waals surface area contributed by atoms with Crippen molar-refractivity contribution in [2.75, 3.05) is 6.61 Å². The van der Waals surface area contributed by atoms with E-state index in [1.54, 1.807) is 0 Å². The fourth-order valence-corrected chi connectivity index (χ4v) is 1.81. The summed E-state index contributed by atoms with van der Waals surface area (Å²) in [6.45, 7) is 6.25. The first-order chi connectivity index (χ1) is 7.77. The van der Waals surface area contributed by atoms with Gasteiger partial charge in [0.2, 0.25) is 0 Å². The second kappa shape index (κ2) is 13.0. The van der Waals surface area contributed by atoms with Gasteiger partial charge in [0, 0.05) is 13.5 Å². The molecule has 0 spiro atoms. The zero-order valence-electron chi connectivity index (χ0n) is 10.9. The molecule has 0 aliphatic rings. The lowest BCUT2D eigenvalue weighted by molar-refractivity contribution is -0.0672. The van der Waals surface area contributed by atoms with E-state index in [4.69, 9.17) is 9.84 Å². The molecule has 2 nitrogen and oxygen atoms in total. The normalized spacial score (nSPS) is 12.9. The predicted molar refractivity (Wildman–Crippen MR) is 69.2 cm³/mol. The largest absolute Gasteiger partial charge is 0.368 e. The Morgan fingerprint density at radius 2 is 1.31 bits per heavy atom. The third-order valence-electron chi connectivity index (χ3n) is 2.81. The van der Waals surface area contributed by atoms with Crippen LogP contribution in [0.25, 0.3) is 0 Å². The van der Waals surface area contributed by atoms with E-state index >= 15 is 0 Å². The Hall–Kier alpha value is -0.0800. The Bertz CT molecular complexity index is 124. The molecule has 0 fully saturated rings. The Morgan fingerprint density at radius 1 is 0.875 bits per heavy atom. The van der Waals surface area contributed by atoms with Crippen molar-refractivity contribution in [3.63, 3.8) is 0 Å². The molecule has 1 N–H and O–H groups in total. The zero-order chi connectivity index (χ0) is 12.1. The molecule has 0 bridgehead atoms. The van der Waals surface area contributed by atoms with Crippen LogP contribution in [0.1, 0.15) is 71.1 Å². The summed E-state index contributed by atoms with van der Waals surface area (Å²) in [5.41, 5.74) is 0. The van der Waals surface area contributed by atoms with Crippen LogP contribution in [0.15, 0.2) is 0 Å². The summed E-state index contributed by atoms with van der Waals surface area (Å²) >= 11 is 0. The second-order valence-corrected chi connectivity index (χ2v) is 4.51. The molecule has 0 aromatic heterocycles. The topological polar surface area (TPSA) is 29.5 Å². The van der Waals surface area contributed by atoms with E-state index in [1.807, 2.05) is 0 Å². The number of aliphatic hydroxyl groups is 1. The highest BCUT2D eigenvalue weighted by Gasteiger charge is 1.95. The summed E-state index contributed by atoms with van der Waals surface area (Å²) in [5.74, 6) is 0. The smallest absolute Gasteiger partial charge is 0.154 e. The fourth-order valence-electron chi connectivity index (χ4n) is 1.81. The first kappa shape index (κ1) is 15.9. The van der Waals surface area contributed by atoms with Gasteiger partial charge in [-0.25, -0.2) is 0 Å². The molecule has 0 saturated carbocycles. The minimum Gasteiger partial charge on any atom is -0.368 e.